The van der Waals surface area contributed by atoms with Crippen LogP contribution in [0.4, 0.5) is 10.2 Å². The molecule has 278 valence electrons. The summed E-state index contributed by atoms with van der Waals surface area (Å²) in [5, 5.41) is 17.6. The summed E-state index contributed by atoms with van der Waals surface area (Å²) in [6, 6.07) is 11.5. The molecule has 1 aromatic heterocycles. The second-order valence-electron chi connectivity index (χ2n) is 14.6. The fraction of sp³-hybridized carbons (Fsp3) is 0.421. The summed E-state index contributed by atoms with van der Waals surface area (Å²) in [7, 11) is 0. The molecule has 14 nitrogen and oxygen atoms in total. The predicted molar refractivity (Wildman–Crippen MR) is 190 cm³/mol. The van der Waals surface area contributed by atoms with Gasteiger partial charge in [-0.05, 0) is 86.9 Å². The Morgan fingerprint density at radius 1 is 0.907 bits per heavy atom. The summed E-state index contributed by atoms with van der Waals surface area (Å²) in [5.41, 5.74) is 5.83. The number of benzene rings is 2. The normalized spacial score (nSPS) is 25.6. The van der Waals surface area contributed by atoms with Crippen LogP contribution < -0.4 is 15.4 Å². The largest absolute Gasteiger partial charge is 0.490 e. The second-order valence-corrected chi connectivity index (χ2v) is 15.0. The van der Waals surface area contributed by atoms with Gasteiger partial charge in [-0.25, -0.2) is 4.39 Å². The first-order valence-electron chi connectivity index (χ1n) is 18.1. The third-order valence-electron chi connectivity index (χ3n) is 11.3. The molecule has 3 atom stereocenters. The summed E-state index contributed by atoms with van der Waals surface area (Å²) in [4.78, 5) is 72.4. The van der Waals surface area contributed by atoms with Crippen molar-refractivity contribution in [3.63, 3.8) is 0 Å². The van der Waals surface area contributed by atoms with Crippen LogP contribution in [0.2, 0.25) is 5.02 Å². The molecule has 5 amide bonds. The van der Waals surface area contributed by atoms with E-state index in [2.05, 4.69) is 20.0 Å². The van der Waals surface area contributed by atoms with E-state index in [0.29, 0.717) is 68.0 Å². The number of likely N-dealkylation sites (tertiary alicyclic amines) is 2. The van der Waals surface area contributed by atoms with Gasteiger partial charge in [0.2, 0.25) is 5.91 Å². The highest BCUT2D eigenvalue weighted by Crippen LogP contribution is 2.37. The van der Waals surface area contributed by atoms with Crippen molar-refractivity contribution in [2.24, 2.45) is 5.73 Å². The molecule has 8 rings (SSSR count). The lowest BCUT2D eigenvalue weighted by Crippen LogP contribution is -2.59. The number of imide groups is 2. The molecule has 3 saturated heterocycles. The van der Waals surface area contributed by atoms with Gasteiger partial charge in [-0.2, -0.15) is 5.26 Å². The number of nitrogens with zero attached hydrogens (tertiary/aromatic N) is 7. The number of nitriles is 1. The van der Waals surface area contributed by atoms with E-state index in [0.717, 1.165) is 17.7 Å². The molecule has 3 aromatic rings. The summed E-state index contributed by atoms with van der Waals surface area (Å²) in [5.74, 6) is -2.92. The minimum absolute atomic E-state index is 0.0330. The quantitative estimate of drug-likeness (QED) is 0.332. The van der Waals surface area contributed by atoms with Gasteiger partial charge < -0.3 is 15.4 Å². The maximum atomic E-state index is 15.7. The third-order valence-corrected chi connectivity index (χ3v) is 11.6. The Bertz CT molecular complexity index is 2110. The maximum absolute atomic E-state index is 15.7. The van der Waals surface area contributed by atoms with Crippen LogP contribution in [-0.2, 0) is 16.1 Å². The number of piperidine rings is 1. The lowest BCUT2D eigenvalue weighted by atomic mass is 9.89. The number of carbonyl (C=O) groups is 5. The van der Waals surface area contributed by atoms with Gasteiger partial charge in [0.15, 0.2) is 11.5 Å². The highest BCUT2D eigenvalue weighted by Gasteiger charge is 2.50. The van der Waals surface area contributed by atoms with Crippen molar-refractivity contribution in [1.29, 1.82) is 5.26 Å². The highest BCUT2D eigenvalue weighted by atomic mass is 35.5. The van der Waals surface area contributed by atoms with Crippen LogP contribution in [-0.4, -0.2) is 97.8 Å². The minimum Gasteiger partial charge on any atom is -0.490 e. The van der Waals surface area contributed by atoms with Crippen LogP contribution in [0.25, 0.3) is 0 Å². The number of aromatic nitrogens is 2. The Morgan fingerprint density at radius 2 is 1.63 bits per heavy atom. The zero-order chi connectivity index (χ0) is 37.8. The highest BCUT2D eigenvalue weighted by molar-refractivity contribution is 6.31. The molecule has 54 heavy (non-hydrogen) atoms. The smallest absolute Gasteiger partial charge is 0.269 e. The monoisotopic (exact) mass is 754 g/mol. The van der Waals surface area contributed by atoms with Gasteiger partial charge >= 0.3 is 0 Å². The van der Waals surface area contributed by atoms with Crippen molar-refractivity contribution in [3.8, 4) is 11.8 Å². The van der Waals surface area contributed by atoms with Crippen LogP contribution in [0.1, 0.15) is 93.7 Å². The van der Waals surface area contributed by atoms with Crippen molar-refractivity contribution in [1.82, 2.24) is 24.9 Å². The molecule has 0 spiro atoms. The van der Waals surface area contributed by atoms with Gasteiger partial charge in [0.05, 0.1) is 27.8 Å². The molecular formula is C38H36ClFN8O6. The van der Waals surface area contributed by atoms with Crippen LogP contribution in [0.5, 0.6) is 5.75 Å². The van der Waals surface area contributed by atoms with Gasteiger partial charge in [-0.15, -0.1) is 10.2 Å². The van der Waals surface area contributed by atoms with Crippen molar-refractivity contribution < 1.29 is 33.1 Å². The van der Waals surface area contributed by atoms with Gasteiger partial charge in [-0.1, -0.05) is 11.6 Å². The minimum atomic E-state index is -1.23. The summed E-state index contributed by atoms with van der Waals surface area (Å²) >= 11 is 6.15. The van der Waals surface area contributed by atoms with E-state index < -0.39 is 41.5 Å². The van der Waals surface area contributed by atoms with Crippen molar-refractivity contribution in [2.75, 3.05) is 18.0 Å². The zero-order valence-corrected chi connectivity index (χ0v) is 29.9. The first-order chi connectivity index (χ1) is 26.0. The topological polar surface area (TPSA) is 183 Å². The molecule has 5 heterocycles. The van der Waals surface area contributed by atoms with E-state index >= 15 is 4.39 Å². The number of carbonyl (C=O) groups excluding carboxylic acids is 5. The number of hydrogen-bond donors (Lipinski definition) is 1. The van der Waals surface area contributed by atoms with Gasteiger partial charge in [0.1, 0.15) is 23.7 Å². The molecule has 2 bridgehead atoms. The SMILES string of the molecule is N#Cc1ccc(OC2CCC(N3C(=O)CC[C@@H](N4C(=O)c5cc(CN6C[C@H]7CC[C@H](C6)N7c6ccc(C(N)=O)nn6)cc(F)c5C4=O)C3=O)CC2)cc1Cl. The van der Waals surface area contributed by atoms with Crippen LogP contribution >= 0.6 is 11.6 Å². The molecule has 0 radical (unpaired) electrons. The zero-order valence-electron chi connectivity index (χ0n) is 29.1. The maximum Gasteiger partial charge on any atom is 0.269 e. The molecule has 4 aliphatic heterocycles. The number of nitrogens with two attached hydrogens (primary N) is 1. The molecule has 4 fully saturated rings. The number of piperazine rings is 1. The average Bonchev–Trinajstić information content (AvgIpc) is 3.56. The fourth-order valence-electron chi connectivity index (χ4n) is 8.80. The molecular weight excluding hydrogens is 719 g/mol. The lowest BCUT2D eigenvalue weighted by molar-refractivity contribution is -0.155. The van der Waals surface area contributed by atoms with E-state index in [1.807, 2.05) is 6.07 Å². The molecule has 2 aromatic carbocycles. The molecule has 1 saturated carbocycles. The molecule has 5 aliphatic rings. The van der Waals surface area contributed by atoms with E-state index in [4.69, 9.17) is 27.3 Å². The Labute approximate surface area is 314 Å². The number of hydrogen-bond acceptors (Lipinski definition) is 11. The first-order valence-corrected chi connectivity index (χ1v) is 18.4. The number of halogens is 2. The number of rotatable bonds is 8. The van der Waals surface area contributed by atoms with Crippen LogP contribution in [0, 0.1) is 17.1 Å². The van der Waals surface area contributed by atoms with Crippen molar-refractivity contribution in [2.45, 2.75) is 88.2 Å². The number of fused-ring (bicyclic) bond motifs is 3. The Balaban J connectivity index is 0.923. The predicted octanol–water partition coefficient (Wildman–Crippen LogP) is 3.60. The Morgan fingerprint density at radius 3 is 2.28 bits per heavy atom. The Hall–Kier alpha value is -5.46. The van der Waals surface area contributed by atoms with Gasteiger partial charge in [0.25, 0.3) is 23.6 Å². The number of ether oxygens (including phenoxy) is 1. The van der Waals surface area contributed by atoms with Crippen molar-refractivity contribution in [3.05, 3.63) is 81.3 Å². The second kappa shape index (κ2) is 14.1. The third kappa shape index (κ3) is 6.32. The summed E-state index contributed by atoms with van der Waals surface area (Å²) in [6.07, 6.45) is 3.58. The molecule has 16 heteroatoms. The van der Waals surface area contributed by atoms with Crippen LogP contribution in [0.15, 0.2) is 42.5 Å². The van der Waals surface area contributed by atoms with Crippen LogP contribution in [0.3, 0.4) is 0 Å². The van der Waals surface area contributed by atoms with Gasteiger partial charge in [0, 0.05) is 50.2 Å². The van der Waals surface area contributed by atoms with E-state index in [-0.39, 0.29) is 58.8 Å². The number of amides is 5. The lowest BCUT2D eigenvalue weighted by Gasteiger charge is -2.41. The van der Waals surface area contributed by atoms with E-state index in [9.17, 15) is 24.0 Å². The van der Waals surface area contributed by atoms with E-state index in [1.54, 1.807) is 36.4 Å². The number of primary amides is 1. The summed E-state index contributed by atoms with van der Waals surface area (Å²) < 4.78 is 21.8. The molecule has 2 N–H and O–H groups in total. The van der Waals surface area contributed by atoms with Gasteiger partial charge in [-0.3, -0.25) is 38.7 Å². The first kappa shape index (κ1) is 35.6. The standard InChI is InChI=1S/C38H36ClFN8O6/c39-28-15-26(6-1-21(28)16-41)54-25-7-4-22(5-8-25)47-33(49)12-10-31(37(47)52)48-36(51)27-13-20(14-29(40)34(27)38(48)53)17-45-18-23-2-3-24(19-45)46(23)32-11-9-30(35(42)50)43-44-32/h1,6,9,11,13-15,22-25,31H,2-5,7-8,10,12,17-19H2,(H2,42,50)/t22?,23-,24-,25?,31-/m1/s1. The fourth-order valence-corrected chi connectivity index (χ4v) is 9.01. The van der Waals surface area contributed by atoms with Crippen molar-refractivity contribution >= 4 is 47.0 Å². The average molecular weight is 755 g/mol. The number of anilines is 1. The summed E-state index contributed by atoms with van der Waals surface area (Å²) in [6.45, 7) is 1.63. The van der Waals surface area contributed by atoms with E-state index in [1.165, 1.54) is 11.0 Å². The molecule has 1 aliphatic carbocycles. The molecule has 0 unspecified atom stereocenters. The Kier molecular flexibility index (Phi) is 9.27.